The van der Waals surface area contributed by atoms with E-state index in [4.69, 9.17) is 4.74 Å². The summed E-state index contributed by atoms with van der Waals surface area (Å²) in [6.07, 6.45) is 2.64. The molecule has 0 bridgehead atoms. The highest BCUT2D eigenvalue weighted by atomic mass is 32.2. The van der Waals surface area contributed by atoms with Gasteiger partial charge in [-0.1, -0.05) is 12.1 Å². The summed E-state index contributed by atoms with van der Waals surface area (Å²) in [7, 11) is -1.98. The zero-order valence-corrected chi connectivity index (χ0v) is 12.2. The minimum absolute atomic E-state index is 0.149. The van der Waals surface area contributed by atoms with E-state index in [1.807, 2.05) is 31.2 Å². The van der Waals surface area contributed by atoms with Gasteiger partial charge >= 0.3 is 0 Å². The van der Waals surface area contributed by atoms with E-state index in [0.717, 1.165) is 11.3 Å². The molecule has 6 nitrogen and oxygen atoms in total. The Labute approximate surface area is 118 Å². The van der Waals surface area contributed by atoms with Crippen molar-refractivity contribution in [3.05, 3.63) is 42.2 Å². The molecule has 7 heteroatoms. The summed E-state index contributed by atoms with van der Waals surface area (Å²) >= 11 is 0. The highest BCUT2D eigenvalue weighted by Crippen LogP contribution is 2.14. The molecule has 0 fully saturated rings. The van der Waals surface area contributed by atoms with Crippen LogP contribution >= 0.6 is 0 Å². The lowest BCUT2D eigenvalue weighted by atomic mass is 10.2. The number of rotatable bonds is 6. The van der Waals surface area contributed by atoms with Crippen molar-refractivity contribution in [3.8, 4) is 5.75 Å². The van der Waals surface area contributed by atoms with Gasteiger partial charge in [-0.15, -0.1) is 0 Å². The van der Waals surface area contributed by atoms with Gasteiger partial charge in [0.25, 0.3) is 0 Å². The number of aromatic amines is 1. The van der Waals surface area contributed by atoms with Crippen LogP contribution < -0.4 is 4.74 Å². The predicted molar refractivity (Wildman–Crippen MR) is 75.1 cm³/mol. The first-order valence-corrected chi connectivity index (χ1v) is 7.59. The van der Waals surface area contributed by atoms with Crippen LogP contribution in [0.3, 0.4) is 0 Å². The lowest BCUT2D eigenvalue weighted by Crippen LogP contribution is -2.30. The van der Waals surface area contributed by atoms with Crippen molar-refractivity contribution in [1.29, 1.82) is 0 Å². The molecule has 1 aromatic carbocycles. The number of ether oxygens (including phenoxy) is 1. The number of hydrogen-bond acceptors (Lipinski definition) is 4. The van der Waals surface area contributed by atoms with Gasteiger partial charge in [-0.3, -0.25) is 5.10 Å². The topological polar surface area (TPSA) is 75.3 Å². The number of aromatic nitrogens is 2. The van der Waals surface area contributed by atoms with Crippen LogP contribution in [0.1, 0.15) is 5.56 Å². The second-order valence-electron chi connectivity index (χ2n) is 4.43. The highest BCUT2D eigenvalue weighted by Gasteiger charge is 2.21. The van der Waals surface area contributed by atoms with Gasteiger partial charge in [0.15, 0.2) is 0 Å². The molecule has 1 N–H and O–H groups in total. The molecule has 0 aliphatic heterocycles. The maximum Gasteiger partial charge on any atom is 0.246 e. The van der Waals surface area contributed by atoms with Crippen LogP contribution in [-0.2, 0) is 10.0 Å². The summed E-state index contributed by atoms with van der Waals surface area (Å²) in [5.41, 5.74) is 1.10. The van der Waals surface area contributed by atoms with Crippen LogP contribution in [0.25, 0.3) is 0 Å². The fourth-order valence-electron chi connectivity index (χ4n) is 1.68. The van der Waals surface area contributed by atoms with Crippen LogP contribution in [0.2, 0.25) is 0 Å². The number of benzene rings is 1. The van der Waals surface area contributed by atoms with E-state index < -0.39 is 10.0 Å². The van der Waals surface area contributed by atoms with Crippen molar-refractivity contribution in [2.24, 2.45) is 0 Å². The first-order chi connectivity index (χ1) is 9.50. The highest BCUT2D eigenvalue weighted by molar-refractivity contribution is 7.89. The van der Waals surface area contributed by atoms with E-state index in [-0.39, 0.29) is 18.0 Å². The molecule has 0 saturated carbocycles. The minimum atomic E-state index is -3.50. The summed E-state index contributed by atoms with van der Waals surface area (Å²) in [5.74, 6) is 0.735. The second kappa shape index (κ2) is 6.06. The molecule has 0 aliphatic rings. The molecular formula is C13H17N3O3S. The smallest absolute Gasteiger partial charge is 0.246 e. The Hall–Kier alpha value is -1.86. The molecule has 0 amide bonds. The average Bonchev–Trinajstić information content (AvgIpc) is 2.93. The Morgan fingerprint density at radius 1 is 1.40 bits per heavy atom. The van der Waals surface area contributed by atoms with E-state index in [2.05, 4.69) is 10.2 Å². The predicted octanol–water partition coefficient (Wildman–Crippen LogP) is 1.42. The lowest BCUT2D eigenvalue weighted by Gasteiger charge is -2.16. The third-order valence-electron chi connectivity index (χ3n) is 2.85. The Kier molecular flexibility index (Phi) is 4.41. The first-order valence-electron chi connectivity index (χ1n) is 6.15. The number of sulfonamides is 1. The largest absolute Gasteiger partial charge is 0.492 e. The zero-order chi connectivity index (χ0) is 14.6. The van der Waals surface area contributed by atoms with Gasteiger partial charge in [-0.05, 0) is 24.6 Å². The maximum absolute atomic E-state index is 12.1. The van der Waals surface area contributed by atoms with Crippen molar-refractivity contribution in [2.75, 3.05) is 20.2 Å². The number of nitrogens with one attached hydrogen (secondary N) is 1. The third kappa shape index (κ3) is 3.37. The molecule has 0 atom stereocenters. The van der Waals surface area contributed by atoms with Gasteiger partial charge in [-0.2, -0.15) is 9.40 Å². The molecule has 0 radical (unpaired) electrons. The Balaban J connectivity index is 1.91. The molecule has 2 rings (SSSR count). The normalized spacial score (nSPS) is 11.8. The third-order valence-corrected chi connectivity index (χ3v) is 4.67. The van der Waals surface area contributed by atoms with Crippen LogP contribution in [0.4, 0.5) is 0 Å². The fraction of sp³-hybridized carbons (Fsp3) is 0.308. The summed E-state index contributed by atoms with van der Waals surface area (Å²) in [6.45, 7) is 2.53. The first kappa shape index (κ1) is 14.5. The summed E-state index contributed by atoms with van der Waals surface area (Å²) in [4.78, 5) is 0.149. The molecule has 1 heterocycles. The van der Waals surface area contributed by atoms with Crippen LogP contribution in [-0.4, -0.2) is 43.1 Å². The molecule has 1 aromatic heterocycles. The molecule has 0 aliphatic carbocycles. The van der Waals surface area contributed by atoms with Crippen molar-refractivity contribution in [2.45, 2.75) is 11.8 Å². The number of likely N-dealkylation sites (N-methyl/N-ethyl adjacent to an activating group) is 1. The molecule has 0 spiro atoms. The Morgan fingerprint density at radius 3 is 2.85 bits per heavy atom. The molecule has 0 unspecified atom stereocenters. The summed E-state index contributed by atoms with van der Waals surface area (Å²) < 4.78 is 31.0. The number of aryl methyl sites for hydroxylation is 1. The molecule has 108 valence electrons. The van der Waals surface area contributed by atoms with Crippen LogP contribution in [0.15, 0.2) is 41.6 Å². The van der Waals surface area contributed by atoms with Crippen molar-refractivity contribution < 1.29 is 13.2 Å². The Bertz CT molecular complexity index is 653. The fourth-order valence-corrected chi connectivity index (χ4v) is 2.74. The summed E-state index contributed by atoms with van der Waals surface area (Å²) in [6, 6.07) is 7.63. The molecule has 2 aromatic rings. The van der Waals surface area contributed by atoms with Crippen molar-refractivity contribution in [3.63, 3.8) is 0 Å². The van der Waals surface area contributed by atoms with Crippen LogP contribution in [0.5, 0.6) is 5.75 Å². The quantitative estimate of drug-likeness (QED) is 0.874. The Morgan fingerprint density at radius 2 is 2.20 bits per heavy atom. The standard InChI is InChI=1S/C13H17N3O3S/c1-11-4-3-5-12(8-11)19-7-6-16(2)20(17,18)13-9-14-15-10-13/h3-5,8-10H,6-7H2,1-2H3,(H,14,15). The SMILES string of the molecule is Cc1cccc(OCCN(C)S(=O)(=O)c2cn[nH]c2)c1. The number of hydrogen-bond donors (Lipinski definition) is 1. The van der Waals surface area contributed by atoms with E-state index >= 15 is 0 Å². The molecular weight excluding hydrogens is 278 g/mol. The average molecular weight is 295 g/mol. The second-order valence-corrected chi connectivity index (χ2v) is 6.47. The zero-order valence-electron chi connectivity index (χ0n) is 11.4. The van der Waals surface area contributed by atoms with E-state index in [1.54, 1.807) is 0 Å². The van der Waals surface area contributed by atoms with Crippen molar-refractivity contribution in [1.82, 2.24) is 14.5 Å². The lowest BCUT2D eigenvalue weighted by molar-refractivity contribution is 0.286. The number of nitrogens with zero attached hydrogens (tertiary/aromatic N) is 2. The van der Waals surface area contributed by atoms with Gasteiger partial charge in [0.05, 0.1) is 6.20 Å². The van der Waals surface area contributed by atoms with E-state index in [0.29, 0.717) is 0 Å². The van der Waals surface area contributed by atoms with Crippen LogP contribution in [0, 0.1) is 6.92 Å². The van der Waals surface area contributed by atoms with E-state index in [9.17, 15) is 8.42 Å². The summed E-state index contributed by atoms with van der Waals surface area (Å²) in [5, 5.41) is 6.14. The maximum atomic E-state index is 12.1. The van der Waals surface area contributed by atoms with E-state index in [1.165, 1.54) is 23.7 Å². The van der Waals surface area contributed by atoms with Gasteiger partial charge in [0, 0.05) is 19.8 Å². The minimum Gasteiger partial charge on any atom is -0.492 e. The van der Waals surface area contributed by atoms with Gasteiger partial charge in [0.1, 0.15) is 17.3 Å². The van der Waals surface area contributed by atoms with Gasteiger partial charge in [0.2, 0.25) is 10.0 Å². The molecule has 0 saturated heterocycles. The van der Waals surface area contributed by atoms with Gasteiger partial charge < -0.3 is 4.74 Å². The number of H-pyrrole nitrogens is 1. The van der Waals surface area contributed by atoms with Gasteiger partial charge in [-0.25, -0.2) is 8.42 Å². The molecule has 20 heavy (non-hydrogen) atoms. The van der Waals surface area contributed by atoms with Crippen molar-refractivity contribution >= 4 is 10.0 Å². The monoisotopic (exact) mass is 295 g/mol.